The Morgan fingerprint density at radius 3 is 2.94 bits per heavy atom. The highest BCUT2D eigenvalue weighted by molar-refractivity contribution is 5.87. The van der Waals surface area contributed by atoms with Crippen LogP contribution in [0.1, 0.15) is 5.56 Å². The second-order valence-electron chi connectivity index (χ2n) is 4.73. The molecule has 0 fully saturated rings. The molecule has 18 heavy (non-hydrogen) atoms. The van der Waals surface area contributed by atoms with Crippen LogP contribution >= 0.6 is 0 Å². The highest BCUT2D eigenvalue weighted by atomic mass is 16.7. The van der Waals surface area contributed by atoms with Gasteiger partial charge in [-0.1, -0.05) is 41.6 Å². The van der Waals surface area contributed by atoms with Gasteiger partial charge < -0.3 is 10.2 Å². The molecule has 3 aliphatic rings. The molecule has 3 heteroatoms. The minimum Gasteiger partial charge on any atom is -0.379 e. The largest absolute Gasteiger partial charge is 0.379 e. The van der Waals surface area contributed by atoms with Crippen LogP contribution in [0.5, 0.6) is 0 Å². The van der Waals surface area contributed by atoms with E-state index in [1.165, 1.54) is 5.56 Å². The number of fused-ring (bicyclic) bond motifs is 1. The standard InChI is InChI=1S/C15H12N2O/c1-2-6-13-12(5-1)14-7-3-4-8-15(14,9-10-16-13)18-17-11-14/h1-11,16H. The fourth-order valence-electron chi connectivity index (χ4n) is 2.94. The monoisotopic (exact) mass is 236 g/mol. The van der Waals surface area contributed by atoms with Crippen LogP contribution in [0.4, 0.5) is 5.69 Å². The quantitative estimate of drug-likeness (QED) is 0.751. The molecule has 0 saturated heterocycles. The van der Waals surface area contributed by atoms with E-state index in [2.05, 4.69) is 40.8 Å². The number of hydrogen-bond donors (Lipinski definition) is 1. The smallest absolute Gasteiger partial charge is 0.194 e. The van der Waals surface area contributed by atoms with E-state index in [0.717, 1.165) is 5.69 Å². The third kappa shape index (κ3) is 0.973. The van der Waals surface area contributed by atoms with Gasteiger partial charge in [0.05, 0.1) is 6.21 Å². The van der Waals surface area contributed by atoms with Gasteiger partial charge in [-0.25, -0.2) is 0 Å². The minimum atomic E-state index is -0.540. The topological polar surface area (TPSA) is 33.6 Å². The van der Waals surface area contributed by atoms with E-state index in [9.17, 15) is 0 Å². The lowest BCUT2D eigenvalue weighted by atomic mass is 9.66. The molecule has 0 radical (unpaired) electrons. The first-order valence-corrected chi connectivity index (χ1v) is 6.00. The molecular weight excluding hydrogens is 224 g/mol. The summed E-state index contributed by atoms with van der Waals surface area (Å²) >= 11 is 0. The van der Waals surface area contributed by atoms with Crippen molar-refractivity contribution in [2.45, 2.75) is 11.0 Å². The first-order chi connectivity index (χ1) is 8.86. The van der Waals surface area contributed by atoms with Crippen LogP contribution in [0.2, 0.25) is 0 Å². The molecule has 0 saturated carbocycles. The van der Waals surface area contributed by atoms with Crippen LogP contribution in [-0.2, 0) is 10.3 Å². The van der Waals surface area contributed by atoms with Crippen LogP contribution < -0.4 is 5.32 Å². The van der Waals surface area contributed by atoms with Gasteiger partial charge in [0.15, 0.2) is 5.60 Å². The number of anilines is 1. The van der Waals surface area contributed by atoms with Gasteiger partial charge in [0.25, 0.3) is 0 Å². The second-order valence-corrected chi connectivity index (χ2v) is 4.73. The van der Waals surface area contributed by atoms with E-state index >= 15 is 0 Å². The van der Waals surface area contributed by atoms with Crippen molar-refractivity contribution in [1.82, 2.24) is 0 Å². The minimum absolute atomic E-state index is 0.349. The average Bonchev–Trinajstić information content (AvgIpc) is 2.73. The molecule has 2 aliphatic heterocycles. The van der Waals surface area contributed by atoms with Crippen molar-refractivity contribution >= 4 is 11.9 Å². The number of allylic oxidation sites excluding steroid dienone is 2. The Labute approximate surface area is 105 Å². The van der Waals surface area contributed by atoms with Crippen molar-refractivity contribution in [3.63, 3.8) is 0 Å². The lowest BCUT2D eigenvalue weighted by Crippen LogP contribution is -2.47. The summed E-state index contributed by atoms with van der Waals surface area (Å²) < 4.78 is 0. The zero-order valence-corrected chi connectivity index (χ0v) is 9.71. The first kappa shape index (κ1) is 9.71. The number of oxime groups is 1. The number of para-hydroxylation sites is 1. The summed E-state index contributed by atoms with van der Waals surface area (Å²) in [7, 11) is 0. The molecular formula is C15H12N2O. The Morgan fingerprint density at radius 1 is 1.06 bits per heavy atom. The Morgan fingerprint density at radius 2 is 1.94 bits per heavy atom. The van der Waals surface area contributed by atoms with E-state index in [4.69, 9.17) is 4.84 Å². The molecule has 88 valence electrons. The number of benzene rings is 1. The number of hydrogen-bond acceptors (Lipinski definition) is 3. The van der Waals surface area contributed by atoms with Crippen LogP contribution in [0.15, 0.2) is 66.0 Å². The summed E-state index contributed by atoms with van der Waals surface area (Å²) in [5.41, 5.74) is 1.38. The van der Waals surface area contributed by atoms with Crippen molar-refractivity contribution in [2.75, 3.05) is 5.32 Å². The summed E-state index contributed by atoms with van der Waals surface area (Å²) in [5.74, 6) is 0. The van der Waals surface area contributed by atoms with Gasteiger partial charge in [0, 0.05) is 11.9 Å². The summed E-state index contributed by atoms with van der Waals surface area (Å²) in [6, 6.07) is 8.26. The van der Waals surface area contributed by atoms with Gasteiger partial charge >= 0.3 is 0 Å². The van der Waals surface area contributed by atoms with E-state index in [1.807, 2.05) is 36.7 Å². The maximum atomic E-state index is 5.68. The van der Waals surface area contributed by atoms with Crippen LogP contribution in [0.3, 0.4) is 0 Å². The lowest BCUT2D eigenvalue weighted by Gasteiger charge is -2.37. The summed E-state index contributed by atoms with van der Waals surface area (Å²) in [6.45, 7) is 0. The predicted octanol–water partition coefficient (Wildman–Crippen LogP) is 2.74. The van der Waals surface area contributed by atoms with Crippen molar-refractivity contribution < 1.29 is 4.84 Å². The first-order valence-electron chi connectivity index (χ1n) is 6.00. The molecule has 4 rings (SSSR count). The average molecular weight is 236 g/mol. The molecule has 1 aromatic carbocycles. The highest BCUT2D eigenvalue weighted by Crippen LogP contribution is 2.49. The number of nitrogens with zero attached hydrogens (tertiary/aromatic N) is 1. The Balaban J connectivity index is 2.08. The Kier molecular flexibility index (Phi) is 1.69. The van der Waals surface area contributed by atoms with Gasteiger partial charge in [-0.15, -0.1) is 0 Å². The third-order valence-electron chi connectivity index (χ3n) is 3.86. The summed E-state index contributed by atoms with van der Waals surface area (Å²) in [4.78, 5) is 5.68. The molecule has 3 nitrogen and oxygen atoms in total. The van der Waals surface area contributed by atoms with Crippen molar-refractivity contribution in [3.05, 3.63) is 66.4 Å². The van der Waals surface area contributed by atoms with Crippen molar-refractivity contribution in [2.24, 2.45) is 5.16 Å². The fraction of sp³-hybridized carbons (Fsp3) is 0.133. The number of nitrogens with one attached hydrogen (secondary N) is 1. The molecule has 0 bridgehead atoms. The van der Waals surface area contributed by atoms with Crippen LogP contribution in [0, 0.1) is 0 Å². The van der Waals surface area contributed by atoms with Gasteiger partial charge in [0.1, 0.15) is 5.41 Å². The molecule has 1 aliphatic carbocycles. The van der Waals surface area contributed by atoms with Gasteiger partial charge in [-0.3, -0.25) is 0 Å². The van der Waals surface area contributed by atoms with Gasteiger partial charge in [-0.2, -0.15) is 0 Å². The van der Waals surface area contributed by atoms with Crippen LogP contribution in [-0.4, -0.2) is 11.8 Å². The summed E-state index contributed by atoms with van der Waals surface area (Å²) in [5, 5.41) is 7.40. The van der Waals surface area contributed by atoms with E-state index < -0.39 is 5.60 Å². The van der Waals surface area contributed by atoms with Crippen LogP contribution in [0.25, 0.3) is 0 Å². The molecule has 2 unspecified atom stereocenters. The molecule has 1 aromatic rings. The second kappa shape index (κ2) is 3.13. The molecule has 2 atom stereocenters. The molecule has 0 amide bonds. The van der Waals surface area contributed by atoms with Gasteiger partial charge in [0.2, 0.25) is 0 Å². The lowest BCUT2D eigenvalue weighted by molar-refractivity contribution is 0.0326. The number of rotatable bonds is 0. The fourth-order valence-corrected chi connectivity index (χ4v) is 2.94. The summed E-state index contributed by atoms with van der Waals surface area (Å²) in [6.07, 6.45) is 14.1. The van der Waals surface area contributed by atoms with E-state index in [1.54, 1.807) is 0 Å². The molecule has 0 spiro atoms. The molecule has 2 heterocycles. The van der Waals surface area contributed by atoms with Crippen molar-refractivity contribution in [3.8, 4) is 0 Å². The highest BCUT2D eigenvalue weighted by Gasteiger charge is 2.55. The Hall–Kier alpha value is -2.29. The zero-order valence-electron chi connectivity index (χ0n) is 9.71. The van der Waals surface area contributed by atoms with E-state index in [-0.39, 0.29) is 5.41 Å². The zero-order chi connectivity index (χ0) is 12.1. The van der Waals surface area contributed by atoms with E-state index in [0.29, 0.717) is 0 Å². The molecule has 1 N–H and O–H groups in total. The Bertz CT molecular complexity index is 629. The van der Waals surface area contributed by atoms with Crippen molar-refractivity contribution in [1.29, 1.82) is 0 Å². The SMILES string of the molecule is C1=CC23C=CNc4ccccc4C2(C=C1)C=NO3. The maximum Gasteiger partial charge on any atom is 0.194 e. The maximum absolute atomic E-state index is 5.68. The van der Waals surface area contributed by atoms with Gasteiger partial charge in [-0.05, 0) is 23.8 Å². The molecule has 0 aromatic heterocycles. The normalized spacial score (nSPS) is 34.0. The third-order valence-corrected chi connectivity index (χ3v) is 3.86. The predicted molar refractivity (Wildman–Crippen MR) is 71.5 cm³/mol.